The highest BCUT2D eigenvalue weighted by Crippen LogP contribution is 1.84. The van der Waals surface area contributed by atoms with Crippen molar-refractivity contribution >= 4 is 6.29 Å². The minimum absolute atomic E-state index is 0.0955. The molecule has 0 aliphatic heterocycles. The number of nitrogens with one attached hydrogen (secondary N) is 1. The van der Waals surface area contributed by atoms with Crippen LogP contribution in [0.4, 0.5) is 0 Å². The van der Waals surface area contributed by atoms with Crippen molar-refractivity contribution in [2.24, 2.45) is 0 Å². The quantitative estimate of drug-likeness (QED) is 0.209. The van der Waals surface area contributed by atoms with Crippen molar-refractivity contribution in [3.63, 3.8) is 0 Å². The summed E-state index contributed by atoms with van der Waals surface area (Å²) >= 11 is 0. The molecule has 0 atom stereocenters. The van der Waals surface area contributed by atoms with E-state index in [-0.39, 0.29) is 19.3 Å². The van der Waals surface area contributed by atoms with Gasteiger partial charge in [-0.05, 0) is 0 Å². The molecule has 0 radical (unpaired) electrons. The Bertz CT molecular complexity index is 227. The number of rotatable bonds is 18. The molecule has 22 heavy (non-hydrogen) atoms. The van der Waals surface area contributed by atoms with Crippen LogP contribution in [-0.2, 0) is 23.7 Å². The molecule has 0 saturated heterocycles. The second-order valence-electron chi connectivity index (χ2n) is 4.42. The van der Waals surface area contributed by atoms with Crippen molar-refractivity contribution in [1.29, 1.82) is 0 Å². The van der Waals surface area contributed by atoms with Gasteiger partial charge in [-0.15, -0.1) is 0 Å². The lowest BCUT2D eigenvalue weighted by Crippen LogP contribution is -2.37. The zero-order chi connectivity index (χ0) is 16.3. The first-order valence-electron chi connectivity index (χ1n) is 7.54. The van der Waals surface area contributed by atoms with Crippen LogP contribution in [0, 0.1) is 0 Å². The first-order valence-corrected chi connectivity index (χ1v) is 7.54. The molecule has 0 aromatic rings. The van der Waals surface area contributed by atoms with Gasteiger partial charge >= 0.3 is 0 Å². The molecule has 0 bridgehead atoms. The smallest absolute Gasteiger partial charge is 0.122 e. The summed E-state index contributed by atoms with van der Waals surface area (Å²) in [7, 11) is 0. The van der Waals surface area contributed by atoms with E-state index in [0.29, 0.717) is 65.8 Å². The second-order valence-corrected chi connectivity index (χ2v) is 4.42. The van der Waals surface area contributed by atoms with Gasteiger partial charge in [0.25, 0.3) is 0 Å². The van der Waals surface area contributed by atoms with Crippen LogP contribution >= 0.6 is 0 Å². The third kappa shape index (κ3) is 15.8. The third-order valence-electron chi connectivity index (χ3n) is 2.62. The molecule has 0 aliphatic rings. The molecular formula is C14H29NO7. The molecule has 0 saturated carbocycles. The Morgan fingerprint density at radius 3 is 1.68 bits per heavy atom. The van der Waals surface area contributed by atoms with Crippen LogP contribution in [0.3, 0.4) is 0 Å². The third-order valence-corrected chi connectivity index (χ3v) is 2.62. The summed E-state index contributed by atoms with van der Waals surface area (Å²) in [5.41, 5.74) is 0. The van der Waals surface area contributed by atoms with Gasteiger partial charge in [-0.1, -0.05) is 0 Å². The fourth-order valence-electron chi connectivity index (χ4n) is 1.42. The van der Waals surface area contributed by atoms with Gasteiger partial charge in [0.2, 0.25) is 0 Å². The van der Waals surface area contributed by atoms with Crippen LogP contribution in [0.1, 0.15) is 6.42 Å². The Morgan fingerprint density at radius 2 is 1.23 bits per heavy atom. The molecule has 0 aromatic heterocycles. The highest BCUT2D eigenvalue weighted by atomic mass is 16.6. The summed E-state index contributed by atoms with van der Waals surface area (Å²) in [6.45, 7) is 4.24. The van der Waals surface area contributed by atoms with Crippen molar-refractivity contribution in [2.75, 3.05) is 72.6 Å². The first kappa shape index (κ1) is 21.4. The molecule has 0 unspecified atom stereocenters. The number of hydrogen-bond donors (Lipinski definition) is 3. The standard InChI is InChI=1S/C14H29NO7/c16-3-1-4-19-6-8-21-10-11-22-9-7-20-5-2-15-14(12-17)13-18/h3,14-15,17-18H,1-2,4-13H2. The van der Waals surface area contributed by atoms with Gasteiger partial charge in [0.05, 0.1) is 72.1 Å². The Morgan fingerprint density at radius 1 is 0.773 bits per heavy atom. The highest BCUT2D eigenvalue weighted by Gasteiger charge is 2.02. The summed E-state index contributed by atoms with van der Waals surface area (Å²) in [5, 5.41) is 20.6. The van der Waals surface area contributed by atoms with Gasteiger partial charge in [0.1, 0.15) is 6.29 Å². The van der Waals surface area contributed by atoms with Gasteiger partial charge in [0, 0.05) is 13.0 Å². The van der Waals surface area contributed by atoms with E-state index in [1.807, 2.05) is 0 Å². The van der Waals surface area contributed by atoms with Crippen molar-refractivity contribution < 1.29 is 34.0 Å². The zero-order valence-electron chi connectivity index (χ0n) is 13.1. The predicted molar refractivity (Wildman–Crippen MR) is 79.9 cm³/mol. The molecule has 0 aromatic carbocycles. The minimum atomic E-state index is -0.292. The number of aliphatic hydroxyl groups excluding tert-OH is 2. The van der Waals surface area contributed by atoms with E-state index < -0.39 is 0 Å². The predicted octanol–water partition coefficient (Wildman–Crippen LogP) is -1.42. The van der Waals surface area contributed by atoms with E-state index in [1.54, 1.807) is 0 Å². The molecule has 0 fully saturated rings. The summed E-state index contributed by atoms with van der Waals surface area (Å²) in [6, 6.07) is -0.292. The average molecular weight is 323 g/mol. The lowest BCUT2D eigenvalue weighted by molar-refractivity contribution is -0.108. The van der Waals surface area contributed by atoms with Gasteiger partial charge in [0.15, 0.2) is 0 Å². The first-order chi connectivity index (χ1) is 10.8. The lowest BCUT2D eigenvalue weighted by Gasteiger charge is -2.13. The second kappa shape index (κ2) is 18.4. The summed E-state index contributed by atoms with van der Waals surface area (Å²) in [4.78, 5) is 10.0. The molecule has 0 amide bonds. The van der Waals surface area contributed by atoms with Gasteiger partial charge in [-0.3, -0.25) is 0 Å². The van der Waals surface area contributed by atoms with E-state index in [1.165, 1.54) is 0 Å². The molecule has 0 spiro atoms. The molecule has 8 heteroatoms. The molecule has 8 nitrogen and oxygen atoms in total. The Labute approximate surface area is 131 Å². The largest absolute Gasteiger partial charge is 0.395 e. The van der Waals surface area contributed by atoms with Gasteiger partial charge < -0.3 is 39.3 Å². The monoisotopic (exact) mass is 323 g/mol. The molecule has 0 heterocycles. The Balaban J connectivity index is 3.04. The van der Waals surface area contributed by atoms with Crippen LogP contribution in [0.25, 0.3) is 0 Å². The number of carbonyl (C=O) groups excluding carboxylic acids is 1. The summed E-state index contributed by atoms with van der Waals surface area (Å²) < 4.78 is 21.0. The average Bonchev–Trinajstić information content (AvgIpc) is 2.55. The highest BCUT2D eigenvalue weighted by molar-refractivity contribution is 5.49. The van der Waals surface area contributed by atoms with Crippen LogP contribution in [0.2, 0.25) is 0 Å². The topological polar surface area (TPSA) is 106 Å². The SMILES string of the molecule is O=CCCOCCOCCOCCOCCNC(CO)CO. The van der Waals surface area contributed by atoms with Crippen LogP contribution in [-0.4, -0.2) is 95.2 Å². The van der Waals surface area contributed by atoms with E-state index in [4.69, 9.17) is 29.2 Å². The molecular weight excluding hydrogens is 294 g/mol. The van der Waals surface area contributed by atoms with Gasteiger partial charge in [-0.2, -0.15) is 0 Å². The number of aliphatic hydroxyl groups is 2. The van der Waals surface area contributed by atoms with Crippen molar-refractivity contribution in [3.05, 3.63) is 0 Å². The maximum absolute atomic E-state index is 10.0. The number of carbonyl (C=O) groups is 1. The number of ether oxygens (including phenoxy) is 4. The fourth-order valence-corrected chi connectivity index (χ4v) is 1.42. The summed E-state index contributed by atoms with van der Waals surface area (Å²) in [5.74, 6) is 0. The van der Waals surface area contributed by atoms with Crippen LogP contribution in [0.15, 0.2) is 0 Å². The Hall–Kier alpha value is -0.610. The maximum Gasteiger partial charge on any atom is 0.122 e. The van der Waals surface area contributed by atoms with Crippen LogP contribution in [0.5, 0.6) is 0 Å². The Kier molecular flexibility index (Phi) is 17.9. The number of hydrogen-bond acceptors (Lipinski definition) is 8. The summed E-state index contributed by atoms with van der Waals surface area (Å²) in [6.07, 6.45) is 1.24. The maximum atomic E-state index is 10.0. The van der Waals surface area contributed by atoms with Crippen molar-refractivity contribution in [3.8, 4) is 0 Å². The van der Waals surface area contributed by atoms with E-state index in [9.17, 15) is 4.79 Å². The normalized spacial score (nSPS) is 11.2. The molecule has 132 valence electrons. The molecule has 0 rings (SSSR count). The van der Waals surface area contributed by atoms with E-state index >= 15 is 0 Å². The fraction of sp³-hybridized carbons (Fsp3) is 0.929. The van der Waals surface area contributed by atoms with Crippen molar-refractivity contribution in [1.82, 2.24) is 5.32 Å². The van der Waals surface area contributed by atoms with E-state index in [0.717, 1.165) is 6.29 Å². The van der Waals surface area contributed by atoms with Crippen LogP contribution < -0.4 is 5.32 Å². The lowest BCUT2D eigenvalue weighted by atomic mass is 10.3. The minimum Gasteiger partial charge on any atom is -0.395 e. The zero-order valence-corrected chi connectivity index (χ0v) is 13.1. The van der Waals surface area contributed by atoms with Gasteiger partial charge in [-0.25, -0.2) is 0 Å². The molecule has 0 aliphatic carbocycles. The van der Waals surface area contributed by atoms with E-state index in [2.05, 4.69) is 5.32 Å². The number of aldehydes is 1. The van der Waals surface area contributed by atoms with Crippen molar-refractivity contribution in [2.45, 2.75) is 12.5 Å². The molecule has 3 N–H and O–H groups in total.